The summed E-state index contributed by atoms with van der Waals surface area (Å²) in [6, 6.07) is 14.9. The fraction of sp³-hybridized carbons (Fsp3) is 0.250. The number of carbonyl (C=O) groups is 1. The minimum Gasteiger partial charge on any atom is -0.390 e. The largest absolute Gasteiger partial charge is 0.390 e. The summed E-state index contributed by atoms with van der Waals surface area (Å²) in [6.07, 6.45) is 1.33. The van der Waals surface area contributed by atoms with Gasteiger partial charge in [0.15, 0.2) is 0 Å². The average molecular weight is 363 g/mol. The van der Waals surface area contributed by atoms with Gasteiger partial charge in [0.2, 0.25) is 0 Å². The molecule has 0 unspecified atom stereocenters. The number of anilines is 1. The molecule has 7 heteroatoms. The number of aromatic nitrogens is 3. The lowest BCUT2D eigenvalue weighted by Crippen LogP contribution is -2.22. The number of nitrogens with one attached hydrogen (secondary N) is 2. The summed E-state index contributed by atoms with van der Waals surface area (Å²) < 4.78 is 1.68. The Hall–Kier alpha value is -3.03. The Morgan fingerprint density at radius 2 is 2.04 bits per heavy atom. The van der Waals surface area contributed by atoms with Gasteiger partial charge in [0.1, 0.15) is 5.69 Å². The third kappa shape index (κ3) is 3.60. The van der Waals surface area contributed by atoms with Crippen LogP contribution in [0.2, 0.25) is 0 Å². The third-order valence-corrected chi connectivity index (χ3v) is 4.81. The van der Waals surface area contributed by atoms with Crippen LogP contribution in [0.15, 0.2) is 54.7 Å². The summed E-state index contributed by atoms with van der Waals surface area (Å²) in [5.41, 5.74) is 3.71. The number of amides is 1. The van der Waals surface area contributed by atoms with E-state index >= 15 is 0 Å². The van der Waals surface area contributed by atoms with Gasteiger partial charge in [-0.25, -0.2) is 4.68 Å². The first-order valence-electron chi connectivity index (χ1n) is 8.90. The molecule has 0 bridgehead atoms. The summed E-state index contributed by atoms with van der Waals surface area (Å²) in [5, 5.41) is 24.4. The monoisotopic (exact) mass is 363 g/mol. The van der Waals surface area contributed by atoms with E-state index in [1.54, 1.807) is 4.68 Å². The van der Waals surface area contributed by atoms with Crippen molar-refractivity contribution in [1.82, 2.24) is 20.3 Å². The van der Waals surface area contributed by atoms with E-state index < -0.39 is 6.10 Å². The van der Waals surface area contributed by atoms with Crippen LogP contribution in [-0.2, 0) is 0 Å². The molecule has 138 valence electrons. The second kappa shape index (κ2) is 7.30. The van der Waals surface area contributed by atoms with Crippen LogP contribution >= 0.6 is 0 Å². The summed E-state index contributed by atoms with van der Waals surface area (Å²) in [6.45, 7) is 3.11. The van der Waals surface area contributed by atoms with E-state index in [0.717, 1.165) is 16.8 Å². The van der Waals surface area contributed by atoms with E-state index in [1.165, 1.54) is 0 Å². The van der Waals surface area contributed by atoms with Gasteiger partial charge in [0, 0.05) is 29.9 Å². The highest BCUT2D eigenvalue weighted by atomic mass is 16.3. The molecule has 1 amide bonds. The molecule has 0 spiro atoms. The predicted molar refractivity (Wildman–Crippen MR) is 103 cm³/mol. The molecule has 1 saturated heterocycles. The highest BCUT2D eigenvalue weighted by molar-refractivity contribution is 6.05. The van der Waals surface area contributed by atoms with Crippen molar-refractivity contribution in [3.05, 3.63) is 65.9 Å². The molecule has 2 heterocycles. The van der Waals surface area contributed by atoms with Gasteiger partial charge in [-0.2, -0.15) is 0 Å². The van der Waals surface area contributed by atoms with Gasteiger partial charge in [0.25, 0.3) is 5.91 Å². The van der Waals surface area contributed by atoms with Gasteiger partial charge in [-0.15, -0.1) is 5.10 Å². The molecule has 1 fully saturated rings. The number of nitrogens with zero attached hydrogens (tertiary/aromatic N) is 3. The minimum atomic E-state index is -0.482. The van der Waals surface area contributed by atoms with Crippen molar-refractivity contribution in [3.63, 3.8) is 0 Å². The summed E-state index contributed by atoms with van der Waals surface area (Å²) in [5.74, 6) is -0.164. The maximum atomic E-state index is 12.7. The van der Waals surface area contributed by atoms with Crippen molar-refractivity contribution >= 4 is 11.6 Å². The van der Waals surface area contributed by atoms with Gasteiger partial charge < -0.3 is 15.7 Å². The Balaban J connectivity index is 1.59. The summed E-state index contributed by atoms with van der Waals surface area (Å²) >= 11 is 0. The van der Waals surface area contributed by atoms with E-state index in [-0.39, 0.29) is 11.9 Å². The third-order valence-electron chi connectivity index (χ3n) is 4.81. The number of hydrogen-bond acceptors (Lipinski definition) is 5. The number of aliphatic hydroxyl groups excluding tert-OH is 1. The molecule has 2 aromatic carbocycles. The Bertz CT molecular complexity index is 954. The fourth-order valence-corrected chi connectivity index (χ4v) is 3.24. The average Bonchev–Trinajstić information content (AvgIpc) is 3.31. The lowest BCUT2D eigenvalue weighted by molar-refractivity contribution is 0.102. The quantitative estimate of drug-likeness (QED) is 0.659. The maximum Gasteiger partial charge on any atom is 0.255 e. The molecule has 1 aliphatic rings. The molecule has 2 atom stereocenters. The van der Waals surface area contributed by atoms with E-state index in [0.29, 0.717) is 24.3 Å². The molecule has 3 aromatic rings. The second-order valence-corrected chi connectivity index (χ2v) is 6.73. The van der Waals surface area contributed by atoms with Crippen molar-refractivity contribution in [1.29, 1.82) is 0 Å². The normalized spacial score (nSPS) is 19.2. The predicted octanol–water partition coefficient (Wildman–Crippen LogP) is 2.01. The van der Waals surface area contributed by atoms with E-state index in [1.807, 2.05) is 61.7 Å². The van der Waals surface area contributed by atoms with E-state index in [9.17, 15) is 9.90 Å². The van der Waals surface area contributed by atoms with Gasteiger partial charge in [-0.1, -0.05) is 35.5 Å². The molecular weight excluding hydrogens is 342 g/mol. The summed E-state index contributed by atoms with van der Waals surface area (Å²) in [4.78, 5) is 12.7. The zero-order chi connectivity index (χ0) is 18.8. The van der Waals surface area contributed by atoms with Crippen LogP contribution in [0.4, 0.5) is 5.69 Å². The number of aryl methyl sites for hydroxylation is 1. The molecule has 0 radical (unpaired) electrons. The molecule has 3 N–H and O–H groups in total. The number of rotatable bonds is 4. The van der Waals surface area contributed by atoms with Crippen molar-refractivity contribution in [2.24, 2.45) is 0 Å². The Morgan fingerprint density at radius 3 is 2.78 bits per heavy atom. The van der Waals surface area contributed by atoms with Crippen molar-refractivity contribution in [2.45, 2.75) is 19.1 Å². The SMILES string of the molecule is Cc1ccc(-c2cn([C@@H]3CNC[C@H]3O)nn2)cc1C(=O)Nc1ccccc1. The molecule has 1 aromatic heterocycles. The lowest BCUT2D eigenvalue weighted by atomic mass is 10.0. The van der Waals surface area contributed by atoms with Crippen LogP contribution in [0.1, 0.15) is 22.0 Å². The van der Waals surface area contributed by atoms with Crippen LogP contribution in [0, 0.1) is 6.92 Å². The van der Waals surface area contributed by atoms with Crippen LogP contribution in [0.3, 0.4) is 0 Å². The van der Waals surface area contributed by atoms with Crippen molar-refractivity contribution in [2.75, 3.05) is 18.4 Å². The van der Waals surface area contributed by atoms with Gasteiger partial charge in [-0.05, 0) is 30.7 Å². The van der Waals surface area contributed by atoms with Gasteiger partial charge in [-0.3, -0.25) is 4.79 Å². The maximum absolute atomic E-state index is 12.7. The first-order chi connectivity index (χ1) is 13.1. The Kier molecular flexibility index (Phi) is 4.70. The second-order valence-electron chi connectivity index (χ2n) is 6.73. The first-order valence-corrected chi connectivity index (χ1v) is 8.90. The summed E-state index contributed by atoms with van der Waals surface area (Å²) in [7, 11) is 0. The zero-order valence-electron chi connectivity index (χ0n) is 15.0. The van der Waals surface area contributed by atoms with Crippen LogP contribution < -0.4 is 10.6 Å². The Labute approximate surface area is 157 Å². The number of hydrogen-bond donors (Lipinski definition) is 3. The van der Waals surface area contributed by atoms with Gasteiger partial charge >= 0.3 is 0 Å². The number of benzene rings is 2. The van der Waals surface area contributed by atoms with Crippen LogP contribution in [-0.4, -0.2) is 45.2 Å². The van der Waals surface area contributed by atoms with Gasteiger partial charge in [0.05, 0.1) is 18.3 Å². The lowest BCUT2D eigenvalue weighted by Gasteiger charge is -2.12. The topological polar surface area (TPSA) is 92.1 Å². The van der Waals surface area contributed by atoms with Crippen LogP contribution in [0.5, 0.6) is 0 Å². The molecule has 7 nitrogen and oxygen atoms in total. The highest BCUT2D eigenvalue weighted by Crippen LogP contribution is 2.23. The number of para-hydroxylation sites is 1. The number of carbonyl (C=O) groups excluding carboxylic acids is 1. The highest BCUT2D eigenvalue weighted by Gasteiger charge is 2.27. The van der Waals surface area contributed by atoms with Crippen molar-refractivity contribution in [3.8, 4) is 11.3 Å². The number of aliphatic hydroxyl groups is 1. The molecule has 4 rings (SSSR count). The van der Waals surface area contributed by atoms with E-state index in [2.05, 4.69) is 20.9 Å². The first kappa shape index (κ1) is 17.4. The minimum absolute atomic E-state index is 0.127. The number of β-amino-alcohol motifs (C(OH)–C–C–N with tert-alkyl or cyclic N) is 1. The molecule has 27 heavy (non-hydrogen) atoms. The van der Waals surface area contributed by atoms with E-state index in [4.69, 9.17) is 0 Å². The van der Waals surface area contributed by atoms with Crippen molar-refractivity contribution < 1.29 is 9.90 Å². The zero-order valence-corrected chi connectivity index (χ0v) is 15.0. The Morgan fingerprint density at radius 1 is 1.22 bits per heavy atom. The standard InChI is InChI=1S/C20H21N5O2/c1-13-7-8-14(9-16(13)20(27)22-15-5-3-2-4-6-15)17-12-25(24-23-17)18-10-21-11-19(18)26/h2-9,12,18-19,21,26H,10-11H2,1H3,(H,22,27)/t18-,19-/m1/s1. The molecule has 0 saturated carbocycles. The molecule has 0 aliphatic carbocycles. The molecule has 1 aliphatic heterocycles. The smallest absolute Gasteiger partial charge is 0.255 e. The van der Waals surface area contributed by atoms with Crippen LogP contribution in [0.25, 0.3) is 11.3 Å². The fourth-order valence-electron chi connectivity index (χ4n) is 3.24. The molecular formula is C20H21N5O2.